The molecular weight excluding hydrogens is 424 g/mol. The molecule has 4 rings (SSSR count). The lowest BCUT2D eigenvalue weighted by Crippen LogP contribution is -2.54. The number of methoxy groups -OCH3 is 1. The van der Waals surface area contributed by atoms with Crippen LogP contribution in [-0.2, 0) is 0 Å². The molecule has 2 aromatic carbocycles. The predicted molar refractivity (Wildman–Crippen MR) is 131 cm³/mol. The molecule has 1 aliphatic carbocycles. The van der Waals surface area contributed by atoms with E-state index in [4.69, 9.17) is 43.2 Å². The molecule has 8 heteroatoms. The summed E-state index contributed by atoms with van der Waals surface area (Å²) in [7, 11) is 1.62. The molecule has 5 N–H and O–H groups in total. The van der Waals surface area contributed by atoms with Crippen LogP contribution in [0, 0.1) is 5.41 Å². The number of nitrogens with one attached hydrogen (secondary N) is 1. The average molecular weight is 451 g/mol. The summed E-state index contributed by atoms with van der Waals surface area (Å²) in [5, 5.41) is 9.79. The van der Waals surface area contributed by atoms with Crippen LogP contribution in [0.3, 0.4) is 0 Å². The molecular formula is C24H27ClN6O. The molecule has 2 atom stereocenters. The quantitative estimate of drug-likeness (QED) is 0.391. The number of benzene rings is 2. The van der Waals surface area contributed by atoms with E-state index in [2.05, 4.69) is 0 Å². The zero-order chi connectivity index (χ0) is 22.7. The number of anilines is 1. The van der Waals surface area contributed by atoms with Crippen molar-refractivity contribution in [2.75, 3.05) is 12.0 Å². The maximum atomic E-state index is 8.34. The van der Waals surface area contributed by atoms with Gasteiger partial charge in [-0.1, -0.05) is 42.7 Å². The molecule has 1 fully saturated rings. The van der Waals surface area contributed by atoms with E-state index in [0.29, 0.717) is 22.4 Å². The molecule has 1 aromatic heterocycles. The summed E-state index contributed by atoms with van der Waals surface area (Å²) < 4.78 is 5.42. The Morgan fingerprint density at radius 2 is 1.88 bits per heavy atom. The third kappa shape index (κ3) is 4.69. The molecule has 2 unspecified atom stereocenters. The Balaban J connectivity index is 1.83. The number of guanidine groups is 1. The first-order valence-corrected chi connectivity index (χ1v) is 11.0. The van der Waals surface area contributed by atoms with Gasteiger partial charge < -0.3 is 16.2 Å². The van der Waals surface area contributed by atoms with Crippen LogP contribution in [0.25, 0.3) is 23.1 Å². The van der Waals surface area contributed by atoms with Crippen LogP contribution in [0.1, 0.15) is 37.1 Å². The average Bonchev–Trinajstić information content (AvgIpc) is 2.79. The van der Waals surface area contributed by atoms with Crippen molar-refractivity contribution >= 4 is 46.4 Å². The zero-order valence-electron chi connectivity index (χ0n) is 18.0. The number of nitrogens with two attached hydrogens (primary N) is 2. The van der Waals surface area contributed by atoms with E-state index < -0.39 is 0 Å². The van der Waals surface area contributed by atoms with E-state index >= 15 is 0 Å². The highest BCUT2D eigenvalue weighted by Crippen LogP contribution is 2.32. The van der Waals surface area contributed by atoms with Gasteiger partial charge in [-0.3, -0.25) is 10.3 Å². The van der Waals surface area contributed by atoms with Crippen molar-refractivity contribution in [2.45, 2.75) is 37.8 Å². The fourth-order valence-corrected chi connectivity index (χ4v) is 4.28. The zero-order valence-corrected chi connectivity index (χ0v) is 18.7. The van der Waals surface area contributed by atoms with Gasteiger partial charge in [0.2, 0.25) is 0 Å². The second-order valence-corrected chi connectivity index (χ2v) is 8.38. The van der Waals surface area contributed by atoms with Crippen LogP contribution in [0.5, 0.6) is 5.75 Å². The SMILES string of the molecule is COc1ccc2nc(/C=C\c3ccc(Cl)cc3)nc(N(C(=N)N)C3CCCCC3N)c2c1. The molecule has 32 heavy (non-hydrogen) atoms. The second-order valence-electron chi connectivity index (χ2n) is 7.94. The first-order chi connectivity index (χ1) is 15.5. The van der Waals surface area contributed by atoms with E-state index in [-0.39, 0.29) is 18.0 Å². The van der Waals surface area contributed by atoms with Gasteiger partial charge in [-0.15, -0.1) is 0 Å². The third-order valence-electron chi connectivity index (χ3n) is 5.80. The Morgan fingerprint density at radius 1 is 1.12 bits per heavy atom. The van der Waals surface area contributed by atoms with Gasteiger partial charge in [0.25, 0.3) is 0 Å². The summed E-state index contributed by atoms with van der Waals surface area (Å²) in [6, 6.07) is 13.0. The molecule has 1 saturated carbocycles. The fraction of sp³-hybridized carbons (Fsp3) is 0.292. The highest BCUT2D eigenvalue weighted by atomic mass is 35.5. The molecule has 1 aliphatic rings. The molecule has 0 spiro atoms. The van der Waals surface area contributed by atoms with Crippen molar-refractivity contribution in [3.63, 3.8) is 0 Å². The molecule has 1 heterocycles. The lowest BCUT2D eigenvalue weighted by molar-refractivity contribution is 0.382. The molecule has 0 aliphatic heterocycles. The number of hydrogen-bond acceptors (Lipinski definition) is 5. The van der Waals surface area contributed by atoms with Crippen LogP contribution in [0.2, 0.25) is 5.02 Å². The monoisotopic (exact) mass is 450 g/mol. The van der Waals surface area contributed by atoms with Crippen molar-refractivity contribution < 1.29 is 4.74 Å². The van der Waals surface area contributed by atoms with Gasteiger partial charge in [0.05, 0.1) is 18.7 Å². The normalized spacial score (nSPS) is 18.7. The third-order valence-corrected chi connectivity index (χ3v) is 6.05. The van der Waals surface area contributed by atoms with Crippen LogP contribution in [0.4, 0.5) is 5.82 Å². The van der Waals surface area contributed by atoms with Crippen molar-refractivity contribution in [2.24, 2.45) is 11.5 Å². The van der Waals surface area contributed by atoms with Crippen molar-refractivity contribution in [1.82, 2.24) is 9.97 Å². The number of halogens is 1. The maximum absolute atomic E-state index is 8.34. The highest BCUT2D eigenvalue weighted by molar-refractivity contribution is 6.30. The van der Waals surface area contributed by atoms with Gasteiger partial charge in [-0.25, -0.2) is 9.97 Å². The number of nitrogens with zero attached hydrogens (tertiary/aromatic N) is 3. The molecule has 0 radical (unpaired) electrons. The number of hydrogen-bond donors (Lipinski definition) is 3. The van der Waals surface area contributed by atoms with Gasteiger partial charge in [0.15, 0.2) is 11.8 Å². The Bertz CT molecular complexity index is 1150. The minimum absolute atomic E-state index is 0.0807. The largest absolute Gasteiger partial charge is 0.497 e. The minimum Gasteiger partial charge on any atom is -0.497 e. The molecule has 0 amide bonds. The standard InChI is InChI=1S/C24H27ClN6O/c1-32-17-11-12-20-18(14-17)23(31(24(27)28)21-5-3-2-4-19(21)26)30-22(29-20)13-8-15-6-9-16(25)10-7-15/h6-14,19,21H,2-5,26H2,1H3,(H3,27,28)/b13-8-. The maximum Gasteiger partial charge on any atom is 0.194 e. The summed E-state index contributed by atoms with van der Waals surface area (Å²) in [4.78, 5) is 11.3. The van der Waals surface area contributed by atoms with Crippen molar-refractivity contribution in [1.29, 1.82) is 5.41 Å². The number of aromatic nitrogens is 2. The van der Waals surface area contributed by atoms with Gasteiger partial charge in [0, 0.05) is 16.5 Å². The van der Waals surface area contributed by atoms with Crippen LogP contribution in [-0.4, -0.2) is 35.1 Å². The van der Waals surface area contributed by atoms with E-state index in [1.165, 1.54) is 0 Å². The van der Waals surface area contributed by atoms with Crippen LogP contribution >= 0.6 is 11.6 Å². The van der Waals surface area contributed by atoms with E-state index in [9.17, 15) is 0 Å². The first-order valence-electron chi connectivity index (χ1n) is 10.6. The molecule has 3 aromatic rings. The van der Waals surface area contributed by atoms with Crippen molar-refractivity contribution in [3.05, 3.63) is 58.9 Å². The molecule has 166 valence electrons. The minimum atomic E-state index is -0.0985. The number of rotatable bonds is 5. The van der Waals surface area contributed by atoms with E-state index in [0.717, 1.165) is 42.1 Å². The predicted octanol–water partition coefficient (Wildman–Crippen LogP) is 4.43. The number of ether oxygens (including phenoxy) is 1. The topological polar surface area (TPSA) is 114 Å². The first kappa shape index (κ1) is 22.0. The van der Waals surface area contributed by atoms with Gasteiger partial charge in [0.1, 0.15) is 11.6 Å². The van der Waals surface area contributed by atoms with E-state index in [1.807, 2.05) is 54.6 Å². The Kier molecular flexibility index (Phi) is 6.58. The van der Waals surface area contributed by atoms with Gasteiger partial charge in [-0.05, 0) is 54.8 Å². The summed E-state index contributed by atoms with van der Waals surface area (Å²) >= 11 is 5.98. The molecule has 7 nitrogen and oxygen atoms in total. The summed E-state index contributed by atoms with van der Waals surface area (Å²) in [5.41, 5.74) is 14.3. The lowest BCUT2D eigenvalue weighted by atomic mass is 9.89. The van der Waals surface area contributed by atoms with Crippen molar-refractivity contribution in [3.8, 4) is 5.75 Å². The Morgan fingerprint density at radius 3 is 2.56 bits per heavy atom. The fourth-order valence-electron chi connectivity index (χ4n) is 4.15. The molecule has 0 bridgehead atoms. The van der Waals surface area contributed by atoms with Crippen LogP contribution in [0.15, 0.2) is 42.5 Å². The number of fused-ring (bicyclic) bond motifs is 1. The summed E-state index contributed by atoms with van der Waals surface area (Å²) in [5.74, 6) is 1.69. The Hall–Kier alpha value is -3.16. The molecule has 0 saturated heterocycles. The van der Waals surface area contributed by atoms with E-state index in [1.54, 1.807) is 12.0 Å². The lowest BCUT2D eigenvalue weighted by Gasteiger charge is -2.38. The smallest absolute Gasteiger partial charge is 0.194 e. The summed E-state index contributed by atoms with van der Waals surface area (Å²) in [6.07, 6.45) is 7.63. The second kappa shape index (κ2) is 9.54. The van der Waals surface area contributed by atoms with Gasteiger partial charge in [-0.2, -0.15) is 0 Å². The summed E-state index contributed by atoms with van der Waals surface area (Å²) in [6.45, 7) is 0. The van der Waals surface area contributed by atoms with Crippen LogP contribution < -0.4 is 21.1 Å². The highest BCUT2D eigenvalue weighted by Gasteiger charge is 2.32. The Labute approximate surface area is 192 Å². The van der Waals surface area contributed by atoms with Gasteiger partial charge >= 0.3 is 0 Å².